The van der Waals surface area contributed by atoms with Gasteiger partial charge in [0.15, 0.2) is 0 Å². The Balaban J connectivity index is 2.23. The number of hydrogen-bond donors (Lipinski definition) is 2. The summed E-state index contributed by atoms with van der Waals surface area (Å²) in [5, 5.41) is 9.22. The van der Waals surface area contributed by atoms with Gasteiger partial charge in [0.25, 0.3) is 0 Å². The summed E-state index contributed by atoms with van der Waals surface area (Å²) in [6.45, 7) is 0. The second-order valence-electron chi connectivity index (χ2n) is 3.84. The van der Waals surface area contributed by atoms with Gasteiger partial charge in [0.05, 0.1) is 12.2 Å². The average Bonchev–Trinajstić information content (AvgIpc) is 2.80. The molecule has 17 heavy (non-hydrogen) atoms. The Morgan fingerprint density at radius 3 is 2.53 bits per heavy atom. The van der Waals surface area contributed by atoms with Crippen molar-refractivity contribution in [3.63, 3.8) is 0 Å². The number of benzene rings is 1. The quantitative estimate of drug-likeness (QED) is 0.791. The number of furan rings is 1. The number of carboxylic acids is 1. The minimum atomic E-state index is -0.869. The van der Waals surface area contributed by atoms with Gasteiger partial charge in [-0.05, 0) is 29.8 Å². The molecule has 1 aromatic heterocycles. The van der Waals surface area contributed by atoms with Crippen molar-refractivity contribution in [1.82, 2.24) is 0 Å². The van der Waals surface area contributed by atoms with E-state index in [0.29, 0.717) is 17.9 Å². The lowest BCUT2D eigenvalue weighted by Crippen LogP contribution is -2.14. The van der Waals surface area contributed by atoms with Crippen LogP contribution in [0.25, 0.3) is 0 Å². The van der Waals surface area contributed by atoms with E-state index in [-0.39, 0.29) is 0 Å². The Hall–Kier alpha value is -2.23. The Bertz CT molecular complexity index is 488. The second kappa shape index (κ2) is 4.74. The summed E-state index contributed by atoms with van der Waals surface area (Å²) in [4.78, 5) is 11.2. The van der Waals surface area contributed by atoms with Crippen LogP contribution in [-0.2, 0) is 11.2 Å². The number of carbonyl (C=O) groups is 1. The number of hydrogen-bond acceptors (Lipinski definition) is 3. The van der Waals surface area contributed by atoms with Crippen molar-refractivity contribution in [2.75, 3.05) is 5.73 Å². The molecule has 2 aromatic rings. The van der Waals surface area contributed by atoms with Crippen molar-refractivity contribution in [2.45, 2.75) is 12.3 Å². The summed E-state index contributed by atoms with van der Waals surface area (Å²) in [7, 11) is 0. The molecule has 4 nitrogen and oxygen atoms in total. The Kier molecular flexibility index (Phi) is 3.14. The second-order valence-corrected chi connectivity index (χ2v) is 3.84. The van der Waals surface area contributed by atoms with E-state index in [2.05, 4.69) is 0 Å². The fraction of sp³-hybridized carbons (Fsp3) is 0.154. The lowest BCUT2D eigenvalue weighted by atomic mass is 9.94. The van der Waals surface area contributed by atoms with Gasteiger partial charge in [-0.3, -0.25) is 4.79 Å². The van der Waals surface area contributed by atoms with Gasteiger partial charge in [-0.2, -0.15) is 0 Å². The zero-order chi connectivity index (χ0) is 12.3. The van der Waals surface area contributed by atoms with E-state index >= 15 is 0 Å². The number of rotatable bonds is 4. The summed E-state index contributed by atoms with van der Waals surface area (Å²) < 4.78 is 5.17. The average molecular weight is 231 g/mol. The van der Waals surface area contributed by atoms with Gasteiger partial charge >= 0.3 is 5.97 Å². The van der Waals surface area contributed by atoms with E-state index in [4.69, 9.17) is 10.2 Å². The van der Waals surface area contributed by atoms with Gasteiger partial charge in [0.1, 0.15) is 5.76 Å². The maximum Gasteiger partial charge on any atom is 0.311 e. The van der Waals surface area contributed by atoms with Crippen LogP contribution in [0.5, 0.6) is 0 Å². The molecule has 2 rings (SSSR count). The van der Waals surface area contributed by atoms with Gasteiger partial charge in [0, 0.05) is 12.1 Å². The van der Waals surface area contributed by atoms with E-state index in [9.17, 15) is 9.90 Å². The van der Waals surface area contributed by atoms with Gasteiger partial charge < -0.3 is 15.3 Å². The highest BCUT2D eigenvalue weighted by molar-refractivity contribution is 5.76. The molecule has 88 valence electrons. The first-order valence-corrected chi connectivity index (χ1v) is 5.27. The van der Waals surface area contributed by atoms with E-state index in [1.54, 1.807) is 36.4 Å². The lowest BCUT2D eigenvalue weighted by Gasteiger charge is -2.11. The molecule has 0 saturated heterocycles. The number of nitrogen functional groups attached to an aromatic ring is 1. The van der Waals surface area contributed by atoms with Crippen LogP contribution in [0, 0.1) is 0 Å². The van der Waals surface area contributed by atoms with Crippen LogP contribution in [0.4, 0.5) is 5.69 Å². The van der Waals surface area contributed by atoms with E-state index < -0.39 is 11.9 Å². The molecule has 0 radical (unpaired) electrons. The van der Waals surface area contributed by atoms with Crippen molar-refractivity contribution in [2.24, 2.45) is 0 Å². The Morgan fingerprint density at radius 1 is 1.29 bits per heavy atom. The lowest BCUT2D eigenvalue weighted by molar-refractivity contribution is -0.138. The topological polar surface area (TPSA) is 76.5 Å². The van der Waals surface area contributed by atoms with Gasteiger partial charge in [-0.25, -0.2) is 0 Å². The molecule has 0 saturated carbocycles. The molecule has 3 N–H and O–H groups in total. The monoisotopic (exact) mass is 231 g/mol. The maximum atomic E-state index is 11.2. The Morgan fingerprint density at radius 2 is 2.00 bits per heavy atom. The molecule has 1 unspecified atom stereocenters. The van der Waals surface area contributed by atoms with E-state index in [1.807, 2.05) is 0 Å². The van der Waals surface area contributed by atoms with Crippen molar-refractivity contribution >= 4 is 11.7 Å². The predicted molar refractivity (Wildman–Crippen MR) is 63.6 cm³/mol. The third-order valence-electron chi connectivity index (χ3n) is 2.62. The van der Waals surface area contributed by atoms with Crippen molar-refractivity contribution in [3.05, 3.63) is 54.0 Å². The molecule has 1 atom stereocenters. The first-order valence-electron chi connectivity index (χ1n) is 5.27. The molecule has 4 heteroatoms. The van der Waals surface area contributed by atoms with Crippen molar-refractivity contribution < 1.29 is 14.3 Å². The van der Waals surface area contributed by atoms with Crippen LogP contribution in [0.1, 0.15) is 17.2 Å². The minimum Gasteiger partial charge on any atom is -0.481 e. The third-order valence-corrected chi connectivity index (χ3v) is 2.62. The van der Waals surface area contributed by atoms with Crippen LogP contribution in [0.3, 0.4) is 0 Å². The minimum absolute atomic E-state index is 0.340. The first kappa shape index (κ1) is 11.3. The standard InChI is InChI=1S/C13H13NO3/c14-10-5-3-9(4-6-10)12(13(15)16)8-11-2-1-7-17-11/h1-7,12H,8,14H2,(H,15,16). The molecule has 0 spiro atoms. The fourth-order valence-electron chi connectivity index (χ4n) is 1.71. The normalized spacial score (nSPS) is 12.2. The first-order chi connectivity index (χ1) is 8.16. The fourth-order valence-corrected chi connectivity index (χ4v) is 1.71. The molecule has 0 amide bonds. The molecular formula is C13H13NO3. The molecule has 0 aliphatic rings. The molecule has 0 aliphatic carbocycles. The zero-order valence-electron chi connectivity index (χ0n) is 9.17. The summed E-state index contributed by atoms with van der Waals surface area (Å²) in [6.07, 6.45) is 1.88. The number of nitrogens with two attached hydrogens (primary N) is 1. The summed E-state index contributed by atoms with van der Waals surface area (Å²) in [5.41, 5.74) is 6.92. The number of carboxylic acid groups (broad SMARTS) is 1. The zero-order valence-corrected chi connectivity index (χ0v) is 9.17. The molecular weight excluding hydrogens is 218 g/mol. The van der Waals surface area contributed by atoms with E-state index in [1.165, 1.54) is 6.26 Å². The highest BCUT2D eigenvalue weighted by atomic mass is 16.4. The van der Waals surface area contributed by atoms with Crippen molar-refractivity contribution in [1.29, 1.82) is 0 Å². The maximum absolute atomic E-state index is 11.2. The van der Waals surface area contributed by atoms with Gasteiger partial charge in [0.2, 0.25) is 0 Å². The molecule has 0 bridgehead atoms. The third kappa shape index (κ3) is 2.66. The SMILES string of the molecule is Nc1ccc(C(Cc2ccco2)C(=O)O)cc1. The summed E-state index contributed by atoms with van der Waals surface area (Å²) in [5.74, 6) is -0.817. The summed E-state index contributed by atoms with van der Waals surface area (Å²) in [6, 6.07) is 10.4. The van der Waals surface area contributed by atoms with Crippen LogP contribution >= 0.6 is 0 Å². The molecule has 1 heterocycles. The highest BCUT2D eigenvalue weighted by Crippen LogP contribution is 2.22. The number of aliphatic carboxylic acids is 1. The van der Waals surface area contributed by atoms with Crippen LogP contribution in [0.15, 0.2) is 47.1 Å². The summed E-state index contributed by atoms with van der Waals surface area (Å²) >= 11 is 0. The molecule has 0 fully saturated rings. The highest BCUT2D eigenvalue weighted by Gasteiger charge is 2.21. The van der Waals surface area contributed by atoms with Crippen LogP contribution in [-0.4, -0.2) is 11.1 Å². The van der Waals surface area contributed by atoms with Gasteiger partial charge in [-0.1, -0.05) is 12.1 Å². The largest absolute Gasteiger partial charge is 0.481 e. The van der Waals surface area contributed by atoms with E-state index in [0.717, 1.165) is 5.56 Å². The predicted octanol–water partition coefficient (Wildman–Crippen LogP) is 2.27. The number of anilines is 1. The smallest absolute Gasteiger partial charge is 0.311 e. The van der Waals surface area contributed by atoms with Crippen molar-refractivity contribution in [3.8, 4) is 0 Å². The van der Waals surface area contributed by atoms with Gasteiger partial charge in [-0.15, -0.1) is 0 Å². The Labute approximate surface area is 98.7 Å². The van der Waals surface area contributed by atoms with Crippen LogP contribution < -0.4 is 5.73 Å². The molecule has 0 aliphatic heterocycles. The molecule has 1 aromatic carbocycles. The van der Waals surface area contributed by atoms with Crippen LogP contribution in [0.2, 0.25) is 0 Å².